The second-order valence-electron chi connectivity index (χ2n) is 7.58. The van der Waals surface area contributed by atoms with Crippen molar-refractivity contribution >= 4 is 11.9 Å². The van der Waals surface area contributed by atoms with Gasteiger partial charge in [-0.3, -0.25) is 9.69 Å². The van der Waals surface area contributed by atoms with Crippen LogP contribution in [0.5, 0.6) is 0 Å². The Hall–Kier alpha value is -2.69. The molecule has 1 aliphatic carbocycles. The fourth-order valence-corrected chi connectivity index (χ4v) is 4.91. The summed E-state index contributed by atoms with van der Waals surface area (Å²) in [6.45, 7) is 0.216. The Morgan fingerprint density at radius 3 is 2.33 bits per heavy atom. The number of hydrogen-bond donors (Lipinski definition) is 0. The number of alkyl halides is 1. The molecule has 2 heterocycles. The number of benzene rings is 2. The van der Waals surface area contributed by atoms with E-state index in [4.69, 9.17) is 4.74 Å². The zero-order valence-electron chi connectivity index (χ0n) is 14.8. The zero-order valence-corrected chi connectivity index (χ0v) is 14.8. The van der Waals surface area contributed by atoms with Crippen molar-refractivity contribution in [2.24, 2.45) is 0 Å². The van der Waals surface area contributed by atoms with Crippen molar-refractivity contribution in [1.29, 1.82) is 0 Å². The maximum Gasteiger partial charge on any atom is 0.410 e. The van der Waals surface area contributed by atoms with Crippen molar-refractivity contribution in [2.75, 3.05) is 6.61 Å². The van der Waals surface area contributed by atoms with Crippen molar-refractivity contribution in [3.05, 3.63) is 59.7 Å². The molecule has 2 aromatic rings. The van der Waals surface area contributed by atoms with Crippen LogP contribution < -0.4 is 0 Å². The zero-order chi connectivity index (χ0) is 18.5. The Morgan fingerprint density at radius 2 is 1.67 bits per heavy atom. The summed E-state index contributed by atoms with van der Waals surface area (Å²) < 4.78 is 19.9. The van der Waals surface area contributed by atoms with Gasteiger partial charge in [0.15, 0.2) is 12.0 Å². The van der Waals surface area contributed by atoms with Crippen LogP contribution in [0.2, 0.25) is 0 Å². The summed E-state index contributed by atoms with van der Waals surface area (Å²) in [6.07, 6.45) is -0.784. The van der Waals surface area contributed by atoms with Gasteiger partial charge in [-0.15, -0.1) is 0 Å². The molecule has 3 aliphatic rings. The number of halogens is 1. The third kappa shape index (κ3) is 2.48. The van der Waals surface area contributed by atoms with Gasteiger partial charge < -0.3 is 4.74 Å². The highest BCUT2D eigenvalue weighted by molar-refractivity contribution is 5.87. The van der Waals surface area contributed by atoms with Crippen molar-refractivity contribution in [1.82, 2.24) is 4.90 Å². The minimum absolute atomic E-state index is 0.0217. The number of carbonyl (C=O) groups is 2. The van der Waals surface area contributed by atoms with Crippen LogP contribution in [0.1, 0.15) is 36.3 Å². The van der Waals surface area contributed by atoms with Crippen molar-refractivity contribution in [3.63, 3.8) is 0 Å². The molecular weight excluding hydrogens is 345 g/mol. The Labute approximate surface area is 156 Å². The number of piperidine rings is 1. The van der Waals surface area contributed by atoms with Gasteiger partial charge in [-0.25, -0.2) is 9.18 Å². The Morgan fingerprint density at radius 1 is 1.04 bits per heavy atom. The number of nitrogens with zero attached hydrogens (tertiary/aromatic N) is 1. The summed E-state index contributed by atoms with van der Waals surface area (Å²) in [5.74, 6) is -0.406. The summed E-state index contributed by atoms with van der Waals surface area (Å²) in [6, 6.07) is 15.4. The van der Waals surface area contributed by atoms with Gasteiger partial charge in [0.1, 0.15) is 6.61 Å². The van der Waals surface area contributed by atoms with Gasteiger partial charge in [0.25, 0.3) is 0 Å². The van der Waals surface area contributed by atoms with Crippen LogP contribution >= 0.6 is 0 Å². The quantitative estimate of drug-likeness (QED) is 0.806. The molecule has 2 bridgehead atoms. The SMILES string of the molecule is O=C1CC2CCC(C1F)N2C(=O)OCC1c2ccccc2-c2ccccc21. The number of carbonyl (C=O) groups excluding carboxylic acids is 2. The minimum Gasteiger partial charge on any atom is -0.448 e. The predicted octanol–water partition coefficient (Wildman–Crippen LogP) is 4.08. The first kappa shape index (κ1) is 16.5. The molecule has 3 unspecified atom stereocenters. The summed E-state index contributed by atoms with van der Waals surface area (Å²) in [4.78, 5) is 25.9. The first-order valence-electron chi connectivity index (χ1n) is 9.45. The first-order chi connectivity index (χ1) is 13.1. The van der Waals surface area contributed by atoms with Gasteiger partial charge in [-0.2, -0.15) is 0 Å². The molecule has 0 spiro atoms. The molecule has 2 aliphatic heterocycles. The smallest absolute Gasteiger partial charge is 0.410 e. The van der Waals surface area contributed by atoms with E-state index >= 15 is 0 Å². The van der Waals surface area contributed by atoms with Crippen molar-refractivity contribution in [3.8, 4) is 11.1 Å². The summed E-state index contributed by atoms with van der Waals surface area (Å²) >= 11 is 0. The van der Waals surface area contributed by atoms with Crippen LogP contribution in [0.15, 0.2) is 48.5 Å². The Bertz CT molecular complexity index is 882. The van der Waals surface area contributed by atoms with E-state index in [1.54, 1.807) is 0 Å². The molecule has 4 nitrogen and oxygen atoms in total. The molecule has 27 heavy (non-hydrogen) atoms. The molecule has 0 saturated carbocycles. The lowest BCUT2D eigenvalue weighted by molar-refractivity contribution is -0.129. The molecule has 2 saturated heterocycles. The van der Waals surface area contributed by atoms with E-state index in [2.05, 4.69) is 24.3 Å². The van der Waals surface area contributed by atoms with Gasteiger partial charge in [0, 0.05) is 18.4 Å². The second kappa shape index (κ2) is 6.19. The van der Waals surface area contributed by atoms with E-state index in [1.165, 1.54) is 16.0 Å². The van der Waals surface area contributed by atoms with E-state index < -0.39 is 18.3 Å². The van der Waals surface area contributed by atoms with Gasteiger partial charge in [0.05, 0.1) is 6.04 Å². The monoisotopic (exact) mass is 365 g/mol. The lowest BCUT2D eigenvalue weighted by Crippen LogP contribution is -2.53. The number of amides is 1. The molecule has 5 heteroatoms. The number of ketones is 1. The normalized spacial score (nSPS) is 26.0. The van der Waals surface area contributed by atoms with Gasteiger partial charge >= 0.3 is 6.09 Å². The molecule has 2 aromatic carbocycles. The van der Waals surface area contributed by atoms with E-state index in [1.807, 2.05) is 24.3 Å². The third-order valence-electron chi connectivity index (χ3n) is 6.18. The molecule has 3 atom stereocenters. The van der Waals surface area contributed by atoms with Gasteiger partial charge in [0.2, 0.25) is 0 Å². The standard InChI is InChI=1S/C22H20FNO3/c23-21-19-10-9-13(11-20(21)25)24(19)22(26)27-12-18-16-7-3-1-5-14(16)15-6-2-4-8-17(15)18/h1-8,13,18-19,21H,9-12H2. The van der Waals surface area contributed by atoms with Crippen LogP contribution in [0.25, 0.3) is 11.1 Å². The molecule has 0 aromatic heterocycles. The highest BCUT2D eigenvalue weighted by Crippen LogP contribution is 2.45. The summed E-state index contributed by atoms with van der Waals surface area (Å²) in [7, 11) is 0. The van der Waals surface area contributed by atoms with Crippen molar-refractivity contribution in [2.45, 2.75) is 43.4 Å². The topological polar surface area (TPSA) is 46.6 Å². The molecule has 0 radical (unpaired) electrons. The van der Waals surface area contributed by atoms with Crippen LogP contribution in [0, 0.1) is 0 Å². The van der Waals surface area contributed by atoms with Crippen molar-refractivity contribution < 1.29 is 18.7 Å². The summed E-state index contributed by atoms with van der Waals surface area (Å²) in [5.41, 5.74) is 4.63. The van der Waals surface area contributed by atoms with E-state index in [-0.39, 0.29) is 30.8 Å². The molecule has 5 rings (SSSR count). The van der Waals surface area contributed by atoms with Gasteiger partial charge in [-0.1, -0.05) is 48.5 Å². The lowest BCUT2D eigenvalue weighted by Gasteiger charge is -2.35. The van der Waals surface area contributed by atoms with Crippen LogP contribution in [0.3, 0.4) is 0 Å². The molecule has 1 amide bonds. The average Bonchev–Trinajstić information content (AvgIpc) is 3.20. The van der Waals surface area contributed by atoms with Gasteiger partial charge in [-0.05, 0) is 35.1 Å². The number of ether oxygens (including phenoxy) is 1. The number of rotatable bonds is 2. The fourth-order valence-electron chi connectivity index (χ4n) is 4.91. The lowest BCUT2D eigenvalue weighted by atomic mass is 9.98. The predicted molar refractivity (Wildman–Crippen MR) is 98.2 cm³/mol. The van der Waals surface area contributed by atoms with E-state index in [0.717, 1.165) is 11.1 Å². The molecule has 138 valence electrons. The Balaban J connectivity index is 1.36. The van der Waals surface area contributed by atoms with Crippen LogP contribution in [0.4, 0.5) is 9.18 Å². The number of fused-ring (bicyclic) bond motifs is 5. The molecule has 2 fully saturated rings. The highest BCUT2D eigenvalue weighted by atomic mass is 19.1. The largest absolute Gasteiger partial charge is 0.448 e. The van der Waals surface area contributed by atoms with Crippen LogP contribution in [-0.2, 0) is 9.53 Å². The van der Waals surface area contributed by atoms with E-state index in [9.17, 15) is 14.0 Å². The molecule has 0 N–H and O–H groups in total. The summed E-state index contributed by atoms with van der Waals surface area (Å²) in [5, 5.41) is 0. The number of Topliss-reactive ketones (excluding diaryl/α,β-unsaturated/α-hetero) is 1. The molecular formula is C22H20FNO3. The maximum absolute atomic E-state index is 14.2. The number of hydrogen-bond acceptors (Lipinski definition) is 3. The fraction of sp³-hybridized carbons (Fsp3) is 0.364. The first-order valence-corrected chi connectivity index (χ1v) is 9.45. The Kier molecular flexibility index (Phi) is 3.78. The van der Waals surface area contributed by atoms with E-state index in [0.29, 0.717) is 12.8 Å². The minimum atomic E-state index is -1.58. The average molecular weight is 365 g/mol. The van der Waals surface area contributed by atoms with Crippen LogP contribution in [-0.4, -0.2) is 41.6 Å². The third-order valence-corrected chi connectivity index (χ3v) is 6.18. The maximum atomic E-state index is 14.2. The second-order valence-corrected chi connectivity index (χ2v) is 7.58. The highest BCUT2D eigenvalue weighted by Gasteiger charge is 2.50.